The lowest BCUT2D eigenvalue weighted by molar-refractivity contribution is -0.00824. The van der Waals surface area contributed by atoms with E-state index in [0.717, 1.165) is 24.2 Å². The minimum absolute atomic E-state index is 0.124. The minimum atomic E-state index is -2.94. The van der Waals surface area contributed by atoms with Gasteiger partial charge >= 0.3 is 0 Å². The van der Waals surface area contributed by atoms with E-state index >= 15 is 0 Å². The number of nitrogens with zero attached hydrogens (tertiary/aromatic N) is 1. The first-order chi connectivity index (χ1) is 16.3. The van der Waals surface area contributed by atoms with Gasteiger partial charge in [-0.2, -0.15) is 0 Å². The van der Waals surface area contributed by atoms with Gasteiger partial charge in [0.25, 0.3) is 11.8 Å². The van der Waals surface area contributed by atoms with Crippen molar-refractivity contribution in [3.8, 4) is 17.1 Å². The van der Waals surface area contributed by atoms with Gasteiger partial charge < -0.3 is 15.0 Å². The van der Waals surface area contributed by atoms with E-state index in [9.17, 15) is 13.6 Å². The Morgan fingerprint density at radius 1 is 1.18 bits per heavy atom. The summed E-state index contributed by atoms with van der Waals surface area (Å²) in [7, 11) is 1.69. The number of alkyl halides is 2. The second-order valence-electron chi connectivity index (χ2n) is 8.94. The molecule has 0 radical (unpaired) electrons. The number of anilines is 1. The normalized spacial score (nSPS) is 14.7. The summed E-state index contributed by atoms with van der Waals surface area (Å²) in [5.41, 5.74) is 3.08. The fourth-order valence-electron chi connectivity index (χ4n) is 4.65. The number of nitrogens with one attached hydrogen (secondary N) is 2. The van der Waals surface area contributed by atoms with Crippen LogP contribution in [-0.2, 0) is 5.92 Å². The summed E-state index contributed by atoms with van der Waals surface area (Å²) in [5.74, 6) is -1.47. The van der Waals surface area contributed by atoms with Gasteiger partial charge in [-0.25, -0.2) is 13.8 Å². The molecule has 0 aliphatic heterocycles. The van der Waals surface area contributed by atoms with Crippen molar-refractivity contribution >= 4 is 11.6 Å². The Labute approximate surface area is 199 Å². The smallest absolute Gasteiger partial charge is 0.276 e. The first kappa shape index (κ1) is 23.9. The van der Waals surface area contributed by atoms with Crippen LogP contribution in [0.15, 0.2) is 42.5 Å². The van der Waals surface area contributed by atoms with Gasteiger partial charge in [-0.05, 0) is 61.6 Å². The van der Waals surface area contributed by atoms with Gasteiger partial charge in [0.15, 0.2) is 0 Å². The second-order valence-corrected chi connectivity index (χ2v) is 8.94. The summed E-state index contributed by atoms with van der Waals surface area (Å²) >= 11 is 0. The lowest BCUT2D eigenvalue weighted by Crippen LogP contribution is -2.16. The van der Waals surface area contributed by atoms with E-state index in [2.05, 4.69) is 21.4 Å². The molecule has 1 amide bonds. The van der Waals surface area contributed by atoms with Crippen molar-refractivity contribution in [2.24, 2.45) is 0 Å². The summed E-state index contributed by atoms with van der Waals surface area (Å²) < 4.78 is 33.7. The number of hydrogen-bond donors (Lipinski definition) is 2. The molecule has 7 heteroatoms. The van der Waals surface area contributed by atoms with Gasteiger partial charge in [-0.15, -0.1) is 0 Å². The number of hydrogen-bond acceptors (Lipinski definition) is 3. The molecule has 34 heavy (non-hydrogen) atoms. The van der Waals surface area contributed by atoms with E-state index < -0.39 is 11.8 Å². The van der Waals surface area contributed by atoms with E-state index in [0.29, 0.717) is 23.1 Å². The number of halogens is 2. The number of H-pyrrole nitrogens is 1. The van der Waals surface area contributed by atoms with Gasteiger partial charge in [-0.1, -0.05) is 38.3 Å². The molecule has 0 saturated heterocycles. The van der Waals surface area contributed by atoms with Crippen molar-refractivity contribution in [1.29, 1.82) is 0 Å². The van der Waals surface area contributed by atoms with Crippen molar-refractivity contribution < 1.29 is 18.3 Å². The van der Waals surface area contributed by atoms with Crippen molar-refractivity contribution in [2.75, 3.05) is 12.4 Å². The fourth-order valence-corrected chi connectivity index (χ4v) is 4.65. The largest absolute Gasteiger partial charge is 0.496 e. The molecular weight excluding hydrogens is 436 g/mol. The number of carbonyl (C=O) groups is 1. The van der Waals surface area contributed by atoms with Gasteiger partial charge in [0.05, 0.1) is 7.11 Å². The number of aromatic nitrogens is 2. The molecule has 1 heterocycles. The standard InChI is InChI=1S/C27H31F2N3O2/c1-4-27(28,29)20-11-8-12-21(16-20)31-26(33)24-17(2)30-25(32-24)19-13-14-23(34-3)22(15-19)18-9-6-5-7-10-18/h8,11-16,18H,4-7,9-10H2,1-3H3,(H,30,32)(H,31,33). The summed E-state index contributed by atoms with van der Waals surface area (Å²) in [6.07, 6.45) is 5.67. The molecule has 0 unspecified atom stereocenters. The van der Waals surface area contributed by atoms with Crippen LogP contribution in [0.1, 0.15) is 78.7 Å². The zero-order valence-electron chi connectivity index (χ0n) is 19.9. The molecule has 1 saturated carbocycles. The molecule has 0 spiro atoms. The van der Waals surface area contributed by atoms with Crippen LogP contribution in [0.2, 0.25) is 0 Å². The first-order valence-electron chi connectivity index (χ1n) is 11.9. The number of methoxy groups -OCH3 is 1. The minimum Gasteiger partial charge on any atom is -0.496 e. The number of aryl methyl sites for hydroxylation is 1. The van der Waals surface area contributed by atoms with Crippen LogP contribution in [0.4, 0.5) is 14.5 Å². The van der Waals surface area contributed by atoms with Gasteiger partial charge in [0.1, 0.15) is 17.3 Å². The predicted molar refractivity (Wildman–Crippen MR) is 130 cm³/mol. The molecule has 5 nitrogen and oxygen atoms in total. The molecule has 2 aromatic carbocycles. The number of amides is 1. The number of ether oxygens (including phenoxy) is 1. The van der Waals surface area contributed by atoms with Crippen LogP contribution in [0.3, 0.4) is 0 Å². The van der Waals surface area contributed by atoms with Crippen LogP contribution in [0.25, 0.3) is 11.4 Å². The zero-order chi connectivity index (χ0) is 24.3. The predicted octanol–water partition coefficient (Wildman–Crippen LogP) is 7.20. The molecule has 180 valence electrons. The Kier molecular flexibility index (Phi) is 7.00. The molecule has 3 aromatic rings. The molecule has 4 rings (SSSR count). The monoisotopic (exact) mass is 467 g/mol. The molecule has 0 atom stereocenters. The van der Waals surface area contributed by atoms with Crippen molar-refractivity contribution in [2.45, 2.75) is 64.2 Å². The number of rotatable bonds is 7. The Morgan fingerprint density at radius 3 is 2.65 bits per heavy atom. The average molecular weight is 468 g/mol. The highest BCUT2D eigenvalue weighted by Gasteiger charge is 2.29. The first-order valence-corrected chi connectivity index (χ1v) is 11.9. The quantitative estimate of drug-likeness (QED) is 0.386. The van der Waals surface area contributed by atoms with Crippen LogP contribution in [-0.4, -0.2) is 23.0 Å². The molecule has 1 aliphatic carbocycles. The van der Waals surface area contributed by atoms with Crippen molar-refractivity contribution in [3.63, 3.8) is 0 Å². The molecule has 1 aromatic heterocycles. The molecule has 2 N–H and O–H groups in total. The van der Waals surface area contributed by atoms with E-state index in [1.165, 1.54) is 49.9 Å². The summed E-state index contributed by atoms with van der Waals surface area (Å²) in [4.78, 5) is 20.7. The average Bonchev–Trinajstić information content (AvgIpc) is 3.26. The Morgan fingerprint density at radius 2 is 1.94 bits per heavy atom. The van der Waals surface area contributed by atoms with Gasteiger partial charge in [-0.3, -0.25) is 4.79 Å². The van der Waals surface area contributed by atoms with E-state index in [-0.39, 0.29) is 17.7 Å². The number of benzene rings is 2. The third-order valence-electron chi connectivity index (χ3n) is 6.63. The number of imidazole rings is 1. The zero-order valence-corrected chi connectivity index (χ0v) is 19.9. The molecular formula is C27H31F2N3O2. The second kappa shape index (κ2) is 9.95. The Balaban J connectivity index is 1.58. The summed E-state index contributed by atoms with van der Waals surface area (Å²) in [5, 5.41) is 2.71. The van der Waals surface area contributed by atoms with Crippen LogP contribution >= 0.6 is 0 Å². The summed E-state index contributed by atoms with van der Waals surface area (Å²) in [6, 6.07) is 11.8. The lowest BCUT2D eigenvalue weighted by Gasteiger charge is -2.24. The summed E-state index contributed by atoms with van der Waals surface area (Å²) in [6.45, 7) is 3.21. The van der Waals surface area contributed by atoms with Crippen molar-refractivity contribution in [3.05, 3.63) is 65.0 Å². The van der Waals surface area contributed by atoms with Crippen LogP contribution in [0.5, 0.6) is 5.75 Å². The van der Waals surface area contributed by atoms with Crippen molar-refractivity contribution in [1.82, 2.24) is 9.97 Å². The molecule has 0 bridgehead atoms. The maximum atomic E-state index is 14.1. The van der Waals surface area contributed by atoms with E-state index in [4.69, 9.17) is 4.74 Å². The van der Waals surface area contributed by atoms with Gasteiger partial charge in [0.2, 0.25) is 0 Å². The highest BCUT2D eigenvalue weighted by atomic mass is 19.3. The Bertz CT molecular complexity index is 1170. The highest BCUT2D eigenvalue weighted by molar-refractivity contribution is 6.04. The Hall–Kier alpha value is -3.22. The molecule has 1 fully saturated rings. The molecule has 1 aliphatic rings. The highest BCUT2D eigenvalue weighted by Crippen LogP contribution is 2.39. The topological polar surface area (TPSA) is 67.0 Å². The number of carbonyl (C=O) groups excluding carboxylic acids is 1. The van der Waals surface area contributed by atoms with E-state index in [1.807, 2.05) is 12.1 Å². The number of aromatic amines is 1. The maximum absolute atomic E-state index is 14.1. The van der Waals surface area contributed by atoms with E-state index in [1.54, 1.807) is 20.1 Å². The van der Waals surface area contributed by atoms with Crippen LogP contribution < -0.4 is 10.1 Å². The van der Waals surface area contributed by atoms with Crippen LogP contribution in [0, 0.1) is 6.92 Å². The third-order valence-corrected chi connectivity index (χ3v) is 6.63. The lowest BCUT2D eigenvalue weighted by atomic mass is 9.83. The SMILES string of the molecule is CCC(F)(F)c1cccc(NC(=O)c2nc(-c3ccc(OC)c(C4CCCCC4)c3)[nH]c2C)c1. The van der Waals surface area contributed by atoms with Gasteiger partial charge in [0, 0.05) is 28.9 Å². The fraction of sp³-hybridized carbons (Fsp3) is 0.407. The maximum Gasteiger partial charge on any atom is 0.276 e. The third kappa shape index (κ3) is 4.98.